The van der Waals surface area contributed by atoms with Crippen molar-refractivity contribution >= 4 is 39.4 Å². The maximum absolute atomic E-state index is 13.0. The van der Waals surface area contributed by atoms with Crippen LogP contribution in [0.1, 0.15) is 30.1 Å². The lowest BCUT2D eigenvalue weighted by atomic mass is 9.82. The predicted octanol–water partition coefficient (Wildman–Crippen LogP) is 4.51. The summed E-state index contributed by atoms with van der Waals surface area (Å²) in [6.07, 6.45) is 3.18. The maximum Gasteiger partial charge on any atom is 0.343 e. The molecule has 0 aromatic heterocycles. The number of carbonyl (C=O) groups is 3. The van der Waals surface area contributed by atoms with Crippen LogP contribution >= 0.6 is 15.9 Å². The van der Waals surface area contributed by atoms with Crippen LogP contribution in [-0.4, -0.2) is 17.8 Å². The number of allylic oxidation sites excluding steroid dienone is 2. The number of hydrogen-bond acceptors (Lipinski definition) is 4. The molecule has 0 radical (unpaired) electrons. The van der Waals surface area contributed by atoms with Gasteiger partial charge in [-0.3, -0.25) is 9.59 Å². The molecular weight excluding hydrogens is 422 g/mol. The highest BCUT2D eigenvalue weighted by atomic mass is 79.9. The third-order valence-electron chi connectivity index (χ3n) is 5.21. The Bertz CT molecular complexity index is 996. The Morgan fingerprint density at radius 2 is 1.71 bits per heavy atom. The molecule has 0 spiro atoms. The minimum absolute atomic E-state index is 0.195. The molecule has 0 N–H and O–H groups in total. The molecule has 0 saturated carbocycles. The van der Waals surface area contributed by atoms with Crippen molar-refractivity contribution in [2.45, 2.75) is 19.8 Å². The number of rotatable bonds is 3. The van der Waals surface area contributed by atoms with Crippen LogP contribution in [0.25, 0.3) is 0 Å². The molecule has 1 saturated heterocycles. The Kier molecular flexibility index (Phi) is 4.89. The number of imide groups is 1. The normalized spacial score (nSPS) is 21.4. The van der Waals surface area contributed by atoms with Gasteiger partial charge in [0.2, 0.25) is 11.8 Å². The lowest BCUT2D eigenvalue weighted by molar-refractivity contribution is -0.122. The monoisotopic (exact) mass is 439 g/mol. The molecule has 2 amide bonds. The second-order valence-corrected chi connectivity index (χ2v) is 7.99. The van der Waals surface area contributed by atoms with Crippen molar-refractivity contribution in [3.63, 3.8) is 0 Å². The van der Waals surface area contributed by atoms with Crippen LogP contribution in [0.4, 0.5) is 5.69 Å². The van der Waals surface area contributed by atoms with Crippen LogP contribution in [0.15, 0.2) is 64.7 Å². The van der Waals surface area contributed by atoms with Crippen molar-refractivity contribution in [1.82, 2.24) is 0 Å². The fourth-order valence-electron chi connectivity index (χ4n) is 3.75. The van der Waals surface area contributed by atoms with Crippen LogP contribution in [0.3, 0.4) is 0 Å². The third kappa shape index (κ3) is 3.29. The van der Waals surface area contributed by atoms with Crippen molar-refractivity contribution in [3.8, 4) is 5.75 Å². The minimum atomic E-state index is -0.547. The van der Waals surface area contributed by atoms with Crippen LogP contribution < -0.4 is 9.64 Å². The quantitative estimate of drug-likeness (QED) is 0.305. The summed E-state index contributed by atoms with van der Waals surface area (Å²) in [7, 11) is 0. The smallest absolute Gasteiger partial charge is 0.343 e. The zero-order chi connectivity index (χ0) is 19.8. The lowest BCUT2D eigenvalue weighted by Gasteiger charge is -2.19. The Morgan fingerprint density at radius 1 is 1.04 bits per heavy atom. The second kappa shape index (κ2) is 7.36. The Labute approximate surface area is 171 Å². The zero-order valence-electron chi connectivity index (χ0n) is 15.2. The predicted molar refractivity (Wildman–Crippen MR) is 108 cm³/mol. The molecule has 4 rings (SSSR count). The largest absolute Gasteiger partial charge is 0.421 e. The van der Waals surface area contributed by atoms with Gasteiger partial charge in [-0.15, -0.1) is 0 Å². The number of ether oxygens (including phenoxy) is 1. The van der Waals surface area contributed by atoms with E-state index in [2.05, 4.69) is 15.9 Å². The molecule has 5 nitrogen and oxygen atoms in total. The Balaban J connectivity index is 1.63. The molecule has 1 fully saturated rings. The van der Waals surface area contributed by atoms with Crippen LogP contribution in [-0.2, 0) is 9.59 Å². The van der Waals surface area contributed by atoms with E-state index in [0.29, 0.717) is 24.1 Å². The Hall–Kier alpha value is -2.73. The molecule has 2 aliphatic rings. The fourth-order valence-corrected chi connectivity index (χ4v) is 4.01. The molecule has 2 atom stereocenters. The van der Waals surface area contributed by atoms with Crippen molar-refractivity contribution in [2.24, 2.45) is 11.8 Å². The Morgan fingerprint density at radius 3 is 2.46 bits per heavy atom. The van der Waals surface area contributed by atoms with Gasteiger partial charge in [-0.05, 0) is 56.2 Å². The minimum Gasteiger partial charge on any atom is -0.421 e. The van der Waals surface area contributed by atoms with Gasteiger partial charge in [0.1, 0.15) is 0 Å². The van der Waals surface area contributed by atoms with Gasteiger partial charge in [-0.1, -0.05) is 39.7 Å². The first kappa shape index (κ1) is 18.6. The molecule has 2 aromatic carbocycles. The topological polar surface area (TPSA) is 63.7 Å². The van der Waals surface area contributed by atoms with Gasteiger partial charge in [0.25, 0.3) is 0 Å². The summed E-state index contributed by atoms with van der Waals surface area (Å²) in [4.78, 5) is 39.6. The summed E-state index contributed by atoms with van der Waals surface area (Å²) in [5.41, 5.74) is 1.82. The summed E-state index contributed by atoms with van der Waals surface area (Å²) < 4.78 is 6.39. The van der Waals surface area contributed by atoms with Gasteiger partial charge in [-0.2, -0.15) is 0 Å². The van der Waals surface area contributed by atoms with Gasteiger partial charge in [0, 0.05) is 4.47 Å². The number of esters is 1. The molecule has 1 aliphatic heterocycles. The summed E-state index contributed by atoms with van der Waals surface area (Å²) in [6, 6.07) is 13.4. The number of nitrogens with zero attached hydrogens (tertiary/aromatic N) is 1. The average Bonchev–Trinajstić information content (AvgIpc) is 2.93. The molecule has 2 aromatic rings. The average molecular weight is 440 g/mol. The molecule has 28 heavy (non-hydrogen) atoms. The van der Waals surface area contributed by atoms with Crippen molar-refractivity contribution < 1.29 is 19.1 Å². The van der Waals surface area contributed by atoms with E-state index in [1.807, 2.05) is 13.0 Å². The van der Waals surface area contributed by atoms with Gasteiger partial charge in [0.15, 0.2) is 5.75 Å². The van der Waals surface area contributed by atoms with Crippen LogP contribution in [0, 0.1) is 11.8 Å². The summed E-state index contributed by atoms with van der Waals surface area (Å²) >= 11 is 3.33. The standard InChI is InChI=1S/C22H18BrNO4/c1-13-6-11-16-17(12-13)21(26)24(20(16)25)18-4-2-3-5-19(18)28-22(27)14-7-9-15(23)10-8-14/h2-10,16-17H,11-12H2,1H3/t16-,17-/m1/s1. The lowest BCUT2D eigenvalue weighted by Crippen LogP contribution is -2.31. The SMILES string of the molecule is CC1=CC[C@H]2C(=O)N(c3ccccc3OC(=O)c3ccc(Br)cc3)C(=O)[C@@H]2C1. The second-order valence-electron chi connectivity index (χ2n) is 7.08. The van der Waals surface area contributed by atoms with E-state index in [4.69, 9.17) is 4.74 Å². The van der Waals surface area contributed by atoms with E-state index in [0.717, 1.165) is 10.0 Å². The van der Waals surface area contributed by atoms with Gasteiger partial charge >= 0.3 is 5.97 Å². The highest BCUT2D eigenvalue weighted by Gasteiger charge is 2.49. The van der Waals surface area contributed by atoms with Crippen molar-refractivity contribution in [3.05, 3.63) is 70.2 Å². The number of amides is 2. The molecule has 6 heteroatoms. The van der Waals surface area contributed by atoms with Gasteiger partial charge in [-0.25, -0.2) is 9.69 Å². The number of fused-ring (bicyclic) bond motifs is 1. The molecular formula is C22H18BrNO4. The molecule has 0 unspecified atom stereocenters. The van der Waals surface area contributed by atoms with E-state index in [-0.39, 0.29) is 29.4 Å². The van der Waals surface area contributed by atoms with E-state index >= 15 is 0 Å². The van der Waals surface area contributed by atoms with E-state index in [1.54, 1.807) is 48.5 Å². The molecule has 0 bridgehead atoms. The maximum atomic E-state index is 13.0. The van der Waals surface area contributed by atoms with Crippen LogP contribution in [0.2, 0.25) is 0 Å². The number of para-hydroxylation sites is 2. The van der Waals surface area contributed by atoms with Crippen molar-refractivity contribution in [1.29, 1.82) is 0 Å². The van der Waals surface area contributed by atoms with Crippen LogP contribution in [0.5, 0.6) is 5.75 Å². The summed E-state index contributed by atoms with van der Waals surface area (Å²) in [6.45, 7) is 1.98. The number of anilines is 1. The number of halogens is 1. The van der Waals surface area contributed by atoms with E-state index in [9.17, 15) is 14.4 Å². The number of hydrogen-bond donors (Lipinski definition) is 0. The molecule has 1 aliphatic carbocycles. The third-order valence-corrected chi connectivity index (χ3v) is 5.74. The summed E-state index contributed by atoms with van der Waals surface area (Å²) in [5.74, 6) is -1.49. The summed E-state index contributed by atoms with van der Waals surface area (Å²) in [5, 5.41) is 0. The first-order valence-corrected chi connectivity index (χ1v) is 9.85. The number of carbonyl (C=O) groups excluding carboxylic acids is 3. The van der Waals surface area contributed by atoms with E-state index in [1.165, 1.54) is 4.90 Å². The molecule has 1 heterocycles. The number of benzene rings is 2. The van der Waals surface area contributed by atoms with Gasteiger partial charge < -0.3 is 4.74 Å². The first-order chi connectivity index (χ1) is 13.5. The fraction of sp³-hybridized carbons (Fsp3) is 0.227. The zero-order valence-corrected chi connectivity index (χ0v) is 16.8. The molecule has 142 valence electrons. The van der Waals surface area contributed by atoms with Gasteiger partial charge in [0.05, 0.1) is 23.1 Å². The van der Waals surface area contributed by atoms with E-state index < -0.39 is 5.97 Å². The highest BCUT2D eigenvalue weighted by Crippen LogP contribution is 2.42. The highest BCUT2D eigenvalue weighted by molar-refractivity contribution is 9.10. The first-order valence-electron chi connectivity index (χ1n) is 9.06. The van der Waals surface area contributed by atoms with Crippen molar-refractivity contribution in [2.75, 3.05) is 4.90 Å².